The Labute approximate surface area is 102 Å². The molecule has 18 heavy (non-hydrogen) atoms. The fourth-order valence-electron chi connectivity index (χ4n) is 1.78. The Morgan fingerprint density at radius 1 is 1.17 bits per heavy atom. The minimum Gasteiger partial charge on any atom is -0.437 e. The van der Waals surface area contributed by atoms with Crippen molar-refractivity contribution in [3.8, 4) is 0 Å². The number of benzene rings is 1. The molecule has 0 aliphatic heterocycles. The van der Waals surface area contributed by atoms with Gasteiger partial charge in [-0.15, -0.1) is 0 Å². The minimum atomic E-state index is -0.283. The van der Waals surface area contributed by atoms with Gasteiger partial charge in [0.15, 0.2) is 5.58 Å². The maximum Gasteiger partial charge on any atom is 0.215 e. The lowest BCUT2D eigenvalue weighted by atomic mass is 10.2. The van der Waals surface area contributed by atoms with Crippen LogP contribution in [0.5, 0.6) is 0 Å². The summed E-state index contributed by atoms with van der Waals surface area (Å²) in [5.74, 6) is -0.00269. The summed E-state index contributed by atoms with van der Waals surface area (Å²) in [6.45, 7) is 0. The molecule has 0 spiro atoms. The number of aromatic nitrogens is 1. The van der Waals surface area contributed by atoms with Crippen LogP contribution in [0.25, 0.3) is 11.0 Å². The summed E-state index contributed by atoms with van der Waals surface area (Å²) >= 11 is 0. The van der Waals surface area contributed by atoms with Crippen LogP contribution in [0.15, 0.2) is 47.1 Å². The molecule has 5 heteroatoms. The molecule has 3 aromatic rings. The molecule has 0 unspecified atom stereocenters. The minimum absolute atomic E-state index is 0.280. The van der Waals surface area contributed by atoms with Gasteiger partial charge in [-0.2, -0.15) is 0 Å². The Hall–Kier alpha value is -2.56. The average molecular weight is 243 g/mol. The van der Waals surface area contributed by atoms with Crippen molar-refractivity contribution in [3.05, 3.63) is 48.5 Å². The van der Waals surface area contributed by atoms with Gasteiger partial charge in [0.2, 0.25) is 5.88 Å². The summed E-state index contributed by atoms with van der Waals surface area (Å²) in [5.41, 5.74) is 7.82. The number of fused-ring (bicyclic) bond motifs is 1. The first-order valence-corrected chi connectivity index (χ1v) is 5.38. The molecule has 4 nitrogen and oxygen atoms in total. The summed E-state index contributed by atoms with van der Waals surface area (Å²) in [6.07, 6.45) is 3.26. The molecular weight excluding hydrogens is 233 g/mol. The van der Waals surface area contributed by atoms with Gasteiger partial charge in [0.25, 0.3) is 0 Å². The zero-order valence-electron chi connectivity index (χ0n) is 9.35. The third kappa shape index (κ3) is 1.75. The van der Waals surface area contributed by atoms with Gasteiger partial charge in [0, 0.05) is 17.3 Å². The normalized spacial score (nSPS) is 10.7. The molecule has 3 N–H and O–H groups in total. The molecule has 0 atom stereocenters. The Kier molecular flexibility index (Phi) is 2.37. The van der Waals surface area contributed by atoms with E-state index in [1.807, 2.05) is 0 Å². The van der Waals surface area contributed by atoms with Gasteiger partial charge in [-0.25, -0.2) is 4.39 Å². The van der Waals surface area contributed by atoms with E-state index in [-0.39, 0.29) is 11.7 Å². The van der Waals surface area contributed by atoms with Crippen LogP contribution in [0.3, 0.4) is 0 Å². The quantitative estimate of drug-likeness (QED) is 0.724. The van der Waals surface area contributed by atoms with Crippen LogP contribution in [0.4, 0.5) is 21.6 Å². The number of anilines is 3. The van der Waals surface area contributed by atoms with Crippen LogP contribution in [0, 0.1) is 5.82 Å². The summed E-state index contributed by atoms with van der Waals surface area (Å²) < 4.78 is 18.2. The molecule has 2 aromatic heterocycles. The topological polar surface area (TPSA) is 64.1 Å². The second-order valence-corrected chi connectivity index (χ2v) is 3.85. The molecule has 0 aliphatic rings. The van der Waals surface area contributed by atoms with Crippen LogP contribution in [0.1, 0.15) is 0 Å². The first-order chi connectivity index (χ1) is 8.74. The molecule has 0 bridgehead atoms. The maximum absolute atomic E-state index is 12.8. The van der Waals surface area contributed by atoms with E-state index in [0.29, 0.717) is 11.3 Å². The van der Waals surface area contributed by atoms with Gasteiger partial charge in [-0.3, -0.25) is 4.98 Å². The highest BCUT2D eigenvalue weighted by Gasteiger charge is 2.11. The van der Waals surface area contributed by atoms with Crippen molar-refractivity contribution in [2.45, 2.75) is 0 Å². The monoisotopic (exact) mass is 243 g/mol. The van der Waals surface area contributed by atoms with Crippen LogP contribution in [-0.2, 0) is 0 Å². The highest BCUT2D eigenvalue weighted by molar-refractivity contribution is 5.97. The summed E-state index contributed by atoms with van der Waals surface area (Å²) in [5, 5.41) is 3.95. The maximum atomic E-state index is 12.8. The zero-order valence-corrected chi connectivity index (χ0v) is 9.35. The first-order valence-electron chi connectivity index (χ1n) is 5.38. The Morgan fingerprint density at radius 2 is 1.94 bits per heavy atom. The van der Waals surface area contributed by atoms with Gasteiger partial charge in [-0.05, 0) is 30.3 Å². The third-order valence-electron chi connectivity index (χ3n) is 2.63. The van der Waals surface area contributed by atoms with Crippen molar-refractivity contribution in [1.82, 2.24) is 4.98 Å². The van der Waals surface area contributed by atoms with Crippen molar-refractivity contribution >= 4 is 28.2 Å². The predicted octanol–water partition coefficient (Wildman–Crippen LogP) is 3.29. The SMILES string of the molecule is Nc1oc2cnccc2c1Nc1ccc(F)cc1. The number of nitrogen functional groups attached to an aromatic ring is 1. The Balaban J connectivity index is 2.04. The number of rotatable bonds is 2. The number of nitrogens with two attached hydrogens (primary N) is 1. The van der Waals surface area contributed by atoms with Crippen molar-refractivity contribution in [3.63, 3.8) is 0 Å². The number of halogens is 1. The molecule has 0 saturated heterocycles. The summed E-state index contributed by atoms with van der Waals surface area (Å²) in [6, 6.07) is 7.83. The molecule has 1 aromatic carbocycles. The third-order valence-corrected chi connectivity index (χ3v) is 2.63. The van der Waals surface area contributed by atoms with E-state index in [1.54, 1.807) is 30.6 Å². The molecule has 0 radical (unpaired) electrons. The fraction of sp³-hybridized carbons (Fsp3) is 0. The van der Waals surface area contributed by atoms with E-state index in [9.17, 15) is 4.39 Å². The lowest BCUT2D eigenvalue weighted by molar-refractivity contribution is 0.628. The Morgan fingerprint density at radius 3 is 2.72 bits per heavy atom. The lowest BCUT2D eigenvalue weighted by Gasteiger charge is -2.04. The fourth-order valence-corrected chi connectivity index (χ4v) is 1.78. The van der Waals surface area contributed by atoms with E-state index in [2.05, 4.69) is 10.3 Å². The van der Waals surface area contributed by atoms with E-state index >= 15 is 0 Å². The second-order valence-electron chi connectivity index (χ2n) is 3.85. The number of furan rings is 1. The van der Waals surface area contributed by atoms with E-state index < -0.39 is 0 Å². The van der Waals surface area contributed by atoms with E-state index in [0.717, 1.165) is 11.1 Å². The number of nitrogens with zero attached hydrogens (tertiary/aromatic N) is 1. The Bertz CT molecular complexity index is 691. The zero-order chi connectivity index (χ0) is 12.5. The highest BCUT2D eigenvalue weighted by Crippen LogP contribution is 2.34. The number of pyridine rings is 1. The van der Waals surface area contributed by atoms with Gasteiger partial charge >= 0.3 is 0 Å². The molecule has 2 heterocycles. The average Bonchev–Trinajstić information content (AvgIpc) is 2.69. The second kappa shape index (κ2) is 4.03. The molecule has 0 aliphatic carbocycles. The van der Waals surface area contributed by atoms with Crippen molar-refractivity contribution in [2.24, 2.45) is 0 Å². The van der Waals surface area contributed by atoms with Crippen molar-refractivity contribution in [1.29, 1.82) is 0 Å². The largest absolute Gasteiger partial charge is 0.437 e. The van der Waals surface area contributed by atoms with Gasteiger partial charge < -0.3 is 15.5 Å². The standard InChI is InChI=1S/C13H10FN3O/c14-8-1-3-9(4-2-8)17-12-10-5-6-16-7-11(10)18-13(12)15/h1-7,17H,15H2. The predicted molar refractivity (Wildman–Crippen MR) is 68.1 cm³/mol. The number of hydrogen-bond donors (Lipinski definition) is 2. The highest BCUT2D eigenvalue weighted by atomic mass is 19.1. The van der Waals surface area contributed by atoms with Crippen LogP contribution < -0.4 is 11.1 Å². The van der Waals surface area contributed by atoms with Gasteiger partial charge in [0.1, 0.15) is 11.5 Å². The molecule has 90 valence electrons. The van der Waals surface area contributed by atoms with Gasteiger partial charge in [0.05, 0.1) is 6.20 Å². The van der Waals surface area contributed by atoms with Crippen molar-refractivity contribution in [2.75, 3.05) is 11.1 Å². The number of nitrogens with one attached hydrogen (secondary N) is 1. The van der Waals surface area contributed by atoms with Crippen LogP contribution >= 0.6 is 0 Å². The first kappa shape index (κ1) is 10.6. The molecule has 0 amide bonds. The van der Waals surface area contributed by atoms with E-state index in [4.69, 9.17) is 10.2 Å². The lowest BCUT2D eigenvalue weighted by Crippen LogP contribution is -1.93. The number of hydrogen-bond acceptors (Lipinski definition) is 4. The van der Waals surface area contributed by atoms with Crippen molar-refractivity contribution < 1.29 is 8.81 Å². The molecule has 0 fully saturated rings. The van der Waals surface area contributed by atoms with E-state index in [1.165, 1.54) is 12.1 Å². The molecular formula is C13H10FN3O. The molecule has 3 rings (SSSR count). The van der Waals surface area contributed by atoms with Gasteiger partial charge in [-0.1, -0.05) is 0 Å². The van der Waals surface area contributed by atoms with Crippen LogP contribution in [-0.4, -0.2) is 4.98 Å². The molecule has 0 saturated carbocycles. The summed E-state index contributed by atoms with van der Waals surface area (Å²) in [7, 11) is 0. The van der Waals surface area contributed by atoms with Crippen LogP contribution in [0.2, 0.25) is 0 Å². The smallest absolute Gasteiger partial charge is 0.215 e. The summed E-state index contributed by atoms with van der Waals surface area (Å²) in [4.78, 5) is 3.96.